The normalized spacial score (nSPS) is 14.7. The smallest absolute Gasteiger partial charge is 0.279 e. The molecule has 4 aromatic rings. The molecule has 6 nitrogen and oxygen atoms in total. The van der Waals surface area contributed by atoms with Gasteiger partial charge in [0.1, 0.15) is 17.9 Å². The zero-order chi connectivity index (χ0) is 20.9. The first-order chi connectivity index (χ1) is 15.3. The summed E-state index contributed by atoms with van der Waals surface area (Å²) in [5.74, 6) is 2.58. The van der Waals surface area contributed by atoms with Crippen molar-refractivity contribution >= 4 is 21.6 Å². The molecule has 1 aliphatic rings. The molecule has 5 rings (SSSR count). The van der Waals surface area contributed by atoms with E-state index in [9.17, 15) is 0 Å². The molecular weight excluding hydrogens is 406 g/mol. The lowest BCUT2D eigenvalue weighted by Gasteiger charge is -2.18. The minimum Gasteiger partial charge on any atom is -0.431 e. The van der Waals surface area contributed by atoms with Crippen molar-refractivity contribution in [3.05, 3.63) is 66.2 Å². The van der Waals surface area contributed by atoms with Gasteiger partial charge in [-0.15, -0.1) is 0 Å². The molecule has 0 aliphatic heterocycles. The van der Waals surface area contributed by atoms with Gasteiger partial charge in [-0.3, -0.25) is 5.10 Å². The van der Waals surface area contributed by atoms with Gasteiger partial charge in [-0.25, -0.2) is 9.97 Å². The van der Waals surface area contributed by atoms with Crippen molar-refractivity contribution in [1.29, 1.82) is 0 Å². The summed E-state index contributed by atoms with van der Waals surface area (Å²) in [5, 5.41) is 11.4. The molecule has 2 heterocycles. The number of rotatable bonds is 11. The molecule has 0 radical (unpaired) electrons. The summed E-state index contributed by atoms with van der Waals surface area (Å²) >= 11 is 1.58. The topological polar surface area (TPSA) is 75.7 Å². The van der Waals surface area contributed by atoms with Crippen LogP contribution in [0.2, 0.25) is 0 Å². The maximum absolute atomic E-state index is 5.97. The quantitative estimate of drug-likeness (QED) is 0.320. The van der Waals surface area contributed by atoms with Gasteiger partial charge in [0.2, 0.25) is 0 Å². The van der Waals surface area contributed by atoms with Gasteiger partial charge in [-0.05, 0) is 74.4 Å². The monoisotopic (exact) mass is 433 g/mol. The van der Waals surface area contributed by atoms with Crippen molar-refractivity contribution in [2.75, 3.05) is 6.54 Å². The fourth-order valence-corrected chi connectivity index (χ4v) is 4.77. The summed E-state index contributed by atoms with van der Waals surface area (Å²) in [5.41, 5.74) is 2.34. The van der Waals surface area contributed by atoms with Crippen LogP contribution in [0.1, 0.15) is 37.1 Å². The maximum atomic E-state index is 5.97. The number of hydrogen-bond acceptors (Lipinski definition) is 6. The van der Waals surface area contributed by atoms with Crippen LogP contribution in [0.15, 0.2) is 54.9 Å². The predicted molar refractivity (Wildman–Crippen MR) is 124 cm³/mol. The molecule has 160 valence electrons. The molecule has 31 heavy (non-hydrogen) atoms. The van der Waals surface area contributed by atoms with Gasteiger partial charge in [0.05, 0.1) is 10.2 Å². The van der Waals surface area contributed by atoms with Crippen molar-refractivity contribution < 1.29 is 4.74 Å². The Bertz CT molecular complexity index is 1060. The lowest BCUT2D eigenvalue weighted by molar-refractivity contribution is 0.431. The summed E-state index contributed by atoms with van der Waals surface area (Å²) in [6.07, 6.45) is 8.59. The summed E-state index contributed by atoms with van der Waals surface area (Å²) in [4.78, 5) is 8.74. The highest BCUT2D eigenvalue weighted by atomic mass is 32.1. The van der Waals surface area contributed by atoms with Gasteiger partial charge >= 0.3 is 0 Å². The predicted octanol–water partition coefficient (Wildman–Crippen LogP) is 5.14. The van der Waals surface area contributed by atoms with Crippen LogP contribution in [-0.2, 0) is 12.8 Å². The van der Waals surface area contributed by atoms with Gasteiger partial charge in [0.15, 0.2) is 0 Å². The molecule has 1 fully saturated rings. The van der Waals surface area contributed by atoms with Crippen molar-refractivity contribution in [3.8, 4) is 10.9 Å². The number of thiazole rings is 1. The number of ether oxygens (including phenoxy) is 1. The molecule has 0 saturated heterocycles. The van der Waals surface area contributed by atoms with Crippen LogP contribution in [0.25, 0.3) is 10.2 Å². The SMILES string of the molecule is c1ccc2sc(Oc3ccc(CCC(NCCCc4nc[nH]n4)C4CC4)cc3)nc2c1. The Morgan fingerprint density at radius 3 is 2.74 bits per heavy atom. The number of aromatic nitrogens is 4. The second kappa shape index (κ2) is 9.58. The summed E-state index contributed by atoms with van der Waals surface area (Å²) < 4.78 is 7.12. The molecule has 0 amide bonds. The van der Waals surface area contributed by atoms with E-state index in [2.05, 4.69) is 55.8 Å². The average Bonchev–Trinajstić information content (AvgIpc) is 3.34. The Balaban J connectivity index is 1.10. The summed E-state index contributed by atoms with van der Waals surface area (Å²) in [7, 11) is 0. The Labute approximate surface area is 186 Å². The largest absolute Gasteiger partial charge is 0.431 e. The molecule has 2 aromatic heterocycles. The van der Waals surface area contributed by atoms with E-state index in [1.807, 2.05) is 18.2 Å². The van der Waals surface area contributed by atoms with Crippen LogP contribution >= 0.6 is 11.3 Å². The standard InChI is InChI=1S/C24H27N5OS/c1-2-5-22-21(4-1)28-24(31-22)30-19-12-7-17(8-13-19)9-14-20(18-10-11-18)25-15-3-6-23-26-16-27-29-23/h1-2,4-5,7-8,12-13,16,18,20,25H,3,6,9-11,14-15H2,(H,26,27,29). The van der Waals surface area contributed by atoms with E-state index >= 15 is 0 Å². The van der Waals surface area contributed by atoms with Gasteiger partial charge in [0, 0.05) is 12.5 Å². The van der Waals surface area contributed by atoms with E-state index in [1.54, 1.807) is 17.7 Å². The molecule has 1 unspecified atom stereocenters. The molecule has 1 atom stereocenters. The third-order valence-electron chi connectivity index (χ3n) is 5.79. The maximum Gasteiger partial charge on any atom is 0.279 e. The Morgan fingerprint density at radius 1 is 1.10 bits per heavy atom. The third-order valence-corrected chi connectivity index (χ3v) is 6.70. The number of nitrogens with zero attached hydrogens (tertiary/aromatic N) is 3. The third kappa shape index (κ3) is 5.48. The van der Waals surface area contributed by atoms with Gasteiger partial charge in [-0.1, -0.05) is 35.6 Å². The molecular formula is C24H27N5OS. The van der Waals surface area contributed by atoms with Crippen molar-refractivity contribution in [2.24, 2.45) is 5.92 Å². The highest BCUT2D eigenvalue weighted by Crippen LogP contribution is 2.35. The molecule has 2 N–H and O–H groups in total. The van der Waals surface area contributed by atoms with E-state index in [0.717, 1.165) is 53.5 Å². The van der Waals surface area contributed by atoms with E-state index in [1.165, 1.54) is 24.8 Å². The lowest BCUT2D eigenvalue weighted by atomic mass is 10.0. The van der Waals surface area contributed by atoms with E-state index in [0.29, 0.717) is 11.2 Å². The Morgan fingerprint density at radius 2 is 1.97 bits per heavy atom. The van der Waals surface area contributed by atoms with E-state index < -0.39 is 0 Å². The van der Waals surface area contributed by atoms with E-state index in [-0.39, 0.29) is 0 Å². The van der Waals surface area contributed by atoms with Crippen LogP contribution in [0, 0.1) is 5.92 Å². The first-order valence-corrected chi connectivity index (χ1v) is 11.9. The van der Waals surface area contributed by atoms with Gasteiger partial charge in [-0.2, -0.15) is 5.10 Å². The molecule has 1 saturated carbocycles. The second-order valence-corrected chi connectivity index (χ2v) is 9.14. The zero-order valence-corrected chi connectivity index (χ0v) is 18.3. The number of aromatic amines is 1. The minimum absolute atomic E-state index is 0.603. The molecule has 2 aromatic carbocycles. The summed E-state index contributed by atoms with van der Waals surface area (Å²) in [6, 6.07) is 17.2. The second-order valence-electron chi connectivity index (χ2n) is 8.15. The highest BCUT2D eigenvalue weighted by Gasteiger charge is 2.30. The van der Waals surface area contributed by atoms with E-state index in [4.69, 9.17) is 4.74 Å². The first kappa shape index (κ1) is 20.2. The van der Waals surface area contributed by atoms with Crippen LogP contribution in [-0.4, -0.2) is 32.8 Å². The Hall–Kier alpha value is -2.77. The van der Waals surface area contributed by atoms with Crippen molar-refractivity contribution in [2.45, 2.75) is 44.6 Å². The molecule has 7 heteroatoms. The Kier molecular flexibility index (Phi) is 6.22. The van der Waals surface area contributed by atoms with Gasteiger partial charge < -0.3 is 10.1 Å². The van der Waals surface area contributed by atoms with Crippen LogP contribution in [0.4, 0.5) is 0 Å². The fourth-order valence-electron chi connectivity index (χ4n) is 3.93. The summed E-state index contributed by atoms with van der Waals surface area (Å²) in [6.45, 7) is 1.02. The van der Waals surface area contributed by atoms with Crippen LogP contribution in [0.5, 0.6) is 10.9 Å². The fraction of sp³-hybridized carbons (Fsp3) is 0.375. The van der Waals surface area contributed by atoms with Crippen LogP contribution in [0.3, 0.4) is 0 Å². The van der Waals surface area contributed by atoms with Gasteiger partial charge in [0.25, 0.3) is 5.19 Å². The number of benzene rings is 2. The number of hydrogen-bond donors (Lipinski definition) is 2. The molecule has 1 aliphatic carbocycles. The average molecular weight is 434 g/mol. The number of fused-ring (bicyclic) bond motifs is 1. The highest BCUT2D eigenvalue weighted by molar-refractivity contribution is 7.20. The molecule has 0 spiro atoms. The lowest BCUT2D eigenvalue weighted by Crippen LogP contribution is -2.32. The van der Waals surface area contributed by atoms with Crippen molar-refractivity contribution in [1.82, 2.24) is 25.5 Å². The minimum atomic E-state index is 0.603. The van der Waals surface area contributed by atoms with Crippen LogP contribution < -0.4 is 10.1 Å². The first-order valence-electron chi connectivity index (χ1n) is 11.0. The number of H-pyrrole nitrogens is 1. The van der Waals surface area contributed by atoms with Crippen molar-refractivity contribution in [3.63, 3.8) is 0 Å². The zero-order valence-electron chi connectivity index (χ0n) is 17.5. The molecule has 0 bridgehead atoms. The number of para-hydroxylation sites is 1. The number of aryl methyl sites for hydroxylation is 2. The number of nitrogens with one attached hydrogen (secondary N) is 2.